The second-order valence-electron chi connectivity index (χ2n) is 8.74. The van der Waals surface area contributed by atoms with Crippen LogP contribution in [0.4, 0.5) is 0 Å². The summed E-state index contributed by atoms with van der Waals surface area (Å²) in [7, 11) is 1.77. The molecule has 0 aliphatic heterocycles. The summed E-state index contributed by atoms with van der Waals surface area (Å²) in [4.78, 5) is 32.3. The third-order valence-corrected chi connectivity index (χ3v) is 6.37. The predicted octanol–water partition coefficient (Wildman–Crippen LogP) is 2.40. The van der Waals surface area contributed by atoms with Crippen LogP contribution in [0.1, 0.15) is 50.8 Å². The van der Waals surface area contributed by atoms with Gasteiger partial charge in [0.25, 0.3) is 5.56 Å². The number of nitrogens with one attached hydrogen (secondary N) is 1. The van der Waals surface area contributed by atoms with Crippen molar-refractivity contribution in [1.29, 1.82) is 0 Å². The van der Waals surface area contributed by atoms with Crippen LogP contribution in [0.25, 0.3) is 22.4 Å². The maximum atomic E-state index is 12.9. The summed E-state index contributed by atoms with van der Waals surface area (Å²) in [6.45, 7) is 4.54. The van der Waals surface area contributed by atoms with Gasteiger partial charge in [0.1, 0.15) is 17.1 Å². The molecule has 8 nitrogen and oxygen atoms in total. The first kappa shape index (κ1) is 22.2. The van der Waals surface area contributed by atoms with Crippen molar-refractivity contribution in [3.05, 3.63) is 39.8 Å². The van der Waals surface area contributed by atoms with Crippen molar-refractivity contribution in [3.63, 3.8) is 0 Å². The molecule has 2 atom stereocenters. The Morgan fingerprint density at radius 1 is 1.31 bits per heavy atom. The summed E-state index contributed by atoms with van der Waals surface area (Å²) in [5.41, 5.74) is 7.28. The molecule has 1 aliphatic carbocycles. The number of carbonyl (C=O) groups excluding carboxylic acids is 1. The summed E-state index contributed by atoms with van der Waals surface area (Å²) in [5, 5.41) is 4.51. The third-order valence-electron chi connectivity index (χ3n) is 6.37. The van der Waals surface area contributed by atoms with E-state index in [9.17, 15) is 9.59 Å². The van der Waals surface area contributed by atoms with Crippen molar-refractivity contribution >= 4 is 16.9 Å². The molecular weight excluding hydrogens is 406 g/mol. The van der Waals surface area contributed by atoms with Gasteiger partial charge >= 0.3 is 5.91 Å². The number of aromatic amines is 1. The van der Waals surface area contributed by atoms with Gasteiger partial charge in [-0.1, -0.05) is 19.4 Å². The number of amides is 1. The van der Waals surface area contributed by atoms with Crippen molar-refractivity contribution < 1.29 is 15.3 Å². The normalized spacial score (nSPS) is 18.4. The third kappa shape index (κ3) is 4.32. The Hall–Kier alpha value is -3.00. The van der Waals surface area contributed by atoms with E-state index in [4.69, 9.17) is 9.72 Å². The lowest BCUT2D eigenvalue weighted by Crippen LogP contribution is -2.59. The van der Waals surface area contributed by atoms with Gasteiger partial charge in [-0.2, -0.15) is 5.10 Å². The van der Waals surface area contributed by atoms with Crippen LogP contribution in [-0.4, -0.2) is 32.3 Å². The number of carbonyl (C=O) groups is 1. The molecule has 1 fully saturated rings. The van der Waals surface area contributed by atoms with Crippen molar-refractivity contribution in [3.8, 4) is 17.1 Å². The number of rotatable bonds is 8. The highest BCUT2D eigenvalue weighted by molar-refractivity contribution is 5.79. The highest BCUT2D eigenvalue weighted by Crippen LogP contribution is 2.35. The van der Waals surface area contributed by atoms with E-state index in [0.29, 0.717) is 35.1 Å². The van der Waals surface area contributed by atoms with E-state index in [1.165, 1.54) is 0 Å². The van der Waals surface area contributed by atoms with Crippen molar-refractivity contribution in [1.82, 2.24) is 19.7 Å². The Bertz CT molecular complexity index is 1200. The number of aromatic nitrogens is 4. The number of nitrogens with zero attached hydrogens (tertiary/aromatic N) is 3. The van der Waals surface area contributed by atoms with E-state index in [2.05, 4.69) is 34.9 Å². The lowest BCUT2D eigenvalue weighted by atomic mass is 9.95. The number of quaternary nitrogens is 1. The lowest BCUT2D eigenvalue weighted by Gasteiger charge is -2.14. The van der Waals surface area contributed by atoms with Gasteiger partial charge in [-0.15, -0.1) is 0 Å². The average molecular weight is 439 g/mol. The lowest BCUT2D eigenvalue weighted by molar-refractivity contribution is -0.311. The van der Waals surface area contributed by atoms with E-state index in [-0.39, 0.29) is 17.4 Å². The molecule has 0 saturated heterocycles. The molecule has 1 amide bonds. The fourth-order valence-corrected chi connectivity index (χ4v) is 4.84. The average Bonchev–Trinajstić information content (AvgIpc) is 3.34. The second kappa shape index (κ2) is 9.24. The molecule has 0 radical (unpaired) electrons. The molecule has 0 bridgehead atoms. The van der Waals surface area contributed by atoms with Crippen molar-refractivity contribution in [2.75, 3.05) is 6.61 Å². The zero-order valence-electron chi connectivity index (χ0n) is 19.1. The Balaban J connectivity index is 1.74. The number of H-pyrrole nitrogens is 1. The van der Waals surface area contributed by atoms with Gasteiger partial charge in [0.2, 0.25) is 0 Å². The summed E-state index contributed by atoms with van der Waals surface area (Å²) in [6, 6.07) is 6.08. The van der Waals surface area contributed by atoms with Gasteiger partial charge in [0, 0.05) is 7.05 Å². The fourth-order valence-electron chi connectivity index (χ4n) is 4.84. The first-order valence-electron chi connectivity index (χ1n) is 11.5. The Kier molecular flexibility index (Phi) is 6.41. The zero-order valence-corrected chi connectivity index (χ0v) is 19.1. The van der Waals surface area contributed by atoms with E-state index in [0.717, 1.165) is 55.3 Å². The Labute approximate surface area is 187 Å². The van der Waals surface area contributed by atoms with Crippen LogP contribution >= 0.6 is 0 Å². The van der Waals surface area contributed by atoms with Gasteiger partial charge in [0.05, 0.1) is 23.8 Å². The van der Waals surface area contributed by atoms with E-state index < -0.39 is 0 Å². The van der Waals surface area contributed by atoms with Crippen LogP contribution in [-0.2, 0) is 24.7 Å². The largest absolute Gasteiger partial charge is 0.493 e. The van der Waals surface area contributed by atoms with Crippen molar-refractivity contribution in [2.24, 2.45) is 18.9 Å². The van der Waals surface area contributed by atoms with E-state index in [1.54, 1.807) is 11.7 Å². The molecule has 1 saturated carbocycles. The summed E-state index contributed by atoms with van der Waals surface area (Å²) in [5.74, 6) is 1.78. The van der Waals surface area contributed by atoms with Gasteiger partial charge in [-0.3, -0.25) is 15.2 Å². The zero-order chi connectivity index (χ0) is 22.8. The minimum atomic E-state index is -0.206. The van der Waals surface area contributed by atoms with Crippen LogP contribution in [0.5, 0.6) is 5.75 Å². The number of fused-ring (bicyclic) bond motifs is 1. The summed E-state index contributed by atoms with van der Waals surface area (Å²) in [6.07, 6.45) is 5.41. The summed E-state index contributed by atoms with van der Waals surface area (Å²) >= 11 is 0. The van der Waals surface area contributed by atoms with E-state index >= 15 is 0 Å². The molecule has 1 aromatic carbocycles. The number of aryl methyl sites for hydroxylation is 2. The Morgan fingerprint density at radius 3 is 2.81 bits per heavy atom. The molecule has 2 unspecified atom stereocenters. The molecule has 170 valence electrons. The minimum Gasteiger partial charge on any atom is -0.493 e. The predicted molar refractivity (Wildman–Crippen MR) is 122 cm³/mol. The first-order valence-corrected chi connectivity index (χ1v) is 11.5. The molecular formula is C24H32N5O3+. The van der Waals surface area contributed by atoms with Crippen LogP contribution in [0.2, 0.25) is 0 Å². The Morgan fingerprint density at radius 2 is 2.12 bits per heavy atom. The van der Waals surface area contributed by atoms with Crippen LogP contribution in [0.15, 0.2) is 23.0 Å². The quantitative estimate of drug-likeness (QED) is 0.560. The number of hydrogen-bond donors (Lipinski definition) is 2. The highest BCUT2D eigenvalue weighted by Gasteiger charge is 2.30. The van der Waals surface area contributed by atoms with Gasteiger partial charge in [0.15, 0.2) is 5.52 Å². The number of benzene rings is 1. The maximum absolute atomic E-state index is 12.9. The van der Waals surface area contributed by atoms with E-state index in [1.807, 2.05) is 13.0 Å². The molecule has 32 heavy (non-hydrogen) atoms. The monoisotopic (exact) mass is 438 g/mol. The number of hydrogen-bond acceptors (Lipinski definition) is 5. The molecule has 3 aromatic rings. The second-order valence-corrected chi connectivity index (χ2v) is 8.74. The molecule has 2 aromatic heterocycles. The smallest absolute Gasteiger partial charge is 0.311 e. The number of ether oxygens (including phenoxy) is 1. The van der Waals surface area contributed by atoms with Gasteiger partial charge in [-0.05, 0) is 62.6 Å². The maximum Gasteiger partial charge on any atom is 0.311 e. The summed E-state index contributed by atoms with van der Waals surface area (Å²) < 4.78 is 7.47. The molecule has 0 spiro atoms. The standard InChI is InChI=1S/C24H31N5O3/c1-4-6-18-20-21(29(3)28-18)24(31)27-23(26-20)17-13-15(8-10-19(17)32-5-2)11-14-7-9-16(12-14)22(25)30/h8,10,13-14,16H,4-7,9,11-12H2,1-3H3,(H2,25,30)(H,26,27,31)/p+1. The van der Waals surface area contributed by atoms with Gasteiger partial charge in [-0.25, -0.2) is 9.78 Å². The highest BCUT2D eigenvalue weighted by atomic mass is 16.5. The van der Waals surface area contributed by atoms with Crippen LogP contribution < -0.4 is 16.0 Å². The topological polar surface area (TPSA) is 118 Å². The van der Waals surface area contributed by atoms with Crippen LogP contribution in [0, 0.1) is 11.8 Å². The molecule has 4 rings (SSSR count). The molecule has 4 N–H and O–H groups in total. The van der Waals surface area contributed by atoms with Crippen LogP contribution in [0.3, 0.4) is 0 Å². The molecule has 1 aliphatic rings. The first-order chi connectivity index (χ1) is 15.4. The molecule has 2 heterocycles. The fraction of sp³-hybridized carbons (Fsp3) is 0.500. The van der Waals surface area contributed by atoms with Crippen molar-refractivity contribution in [2.45, 2.75) is 52.4 Å². The SMILES string of the molecule is CCCc1nn(C)c2c(=O)[nH]c(-c3cc(CC4CCC(C([NH3+])=O)C4)ccc3OCC)nc12. The van der Waals surface area contributed by atoms with Gasteiger partial charge < -0.3 is 9.72 Å². The minimum absolute atomic E-state index is 0.0503. The molecule has 8 heteroatoms.